The number of hydrogen-bond acceptors (Lipinski definition) is 2. The Hall–Kier alpha value is -0.770. The molecular formula is C12H15Cl2NO2. The Labute approximate surface area is 111 Å². The summed E-state index contributed by atoms with van der Waals surface area (Å²) in [6, 6.07) is 4.78. The minimum absolute atomic E-state index is 0.293. The molecule has 1 amide bonds. The van der Waals surface area contributed by atoms with E-state index in [1.165, 1.54) is 13.8 Å². The van der Waals surface area contributed by atoms with Gasteiger partial charge in [-0.05, 0) is 38.5 Å². The van der Waals surface area contributed by atoms with Crippen LogP contribution in [0.4, 0.5) is 0 Å². The van der Waals surface area contributed by atoms with E-state index in [9.17, 15) is 9.90 Å². The third-order valence-electron chi connectivity index (χ3n) is 2.33. The predicted molar refractivity (Wildman–Crippen MR) is 69.3 cm³/mol. The molecule has 5 heteroatoms. The molecule has 0 spiro atoms. The third kappa shape index (κ3) is 3.87. The first kappa shape index (κ1) is 14.3. The van der Waals surface area contributed by atoms with Gasteiger partial charge in [-0.15, -0.1) is 0 Å². The molecule has 0 radical (unpaired) electrons. The third-order valence-corrected chi connectivity index (χ3v) is 2.89. The normalized spacial score (nSPS) is 13.3. The van der Waals surface area contributed by atoms with Crippen LogP contribution in [0.2, 0.25) is 10.0 Å². The standard InChI is InChI=1S/C12H15Cl2NO2/c1-7(15-11(16)12(2,3)17)9-5-4-8(13)6-10(9)14/h4-7,17H,1-3H3,(H,15,16). The molecule has 0 aliphatic heterocycles. The molecule has 1 aromatic carbocycles. The summed E-state index contributed by atoms with van der Waals surface area (Å²) in [6.07, 6.45) is 0. The van der Waals surface area contributed by atoms with Gasteiger partial charge in [-0.2, -0.15) is 0 Å². The maximum Gasteiger partial charge on any atom is 0.251 e. The monoisotopic (exact) mass is 275 g/mol. The fraction of sp³-hybridized carbons (Fsp3) is 0.417. The van der Waals surface area contributed by atoms with Gasteiger partial charge in [0.15, 0.2) is 0 Å². The predicted octanol–water partition coefficient (Wildman–Crippen LogP) is 2.94. The molecule has 0 bridgehead atoms. The molecule has 1 aromatic rings. The molecule has 0 aliphatic rings. The summed E-state index contributed by atoms with van der Waals surface area (Å²) in [5, 5.41) is 13.2. The lowest BCUT2D eigenvalue weighted by molar-refractivity contribution is -0.137. The maximum absolute atomic E-state index is 11.6. The quantitative estimate of drug-likeness (QED) is 0.891. The molecule has 0 fully saturated rings. The Morgan fingerprint density at radius 2 is 2.00 bits per heavy atom. The summed E-state index contributed by atoms with van der Waals surface area (Å²) >= 11 is 11.8. The van der Waals surface area contributed by atoms with Crippen molar-refractivity contribution < 1.29 is 9.90 Å². The minimum atomic E-state index is -1.41. The maximum atomic E-state index is 11.6. The molecule has 1 atom stereocenters. The van der Waals surface area contributed by atoms with Crippen LogP contribution >= 0.6 is 23.2 Å². The molecule has 3 nitrogen and oxygen atoms in total. The highest BCUT2D eigenvalue weighted by atomic mass is 35.5. The Balaban J connectivity index is 2.84. The summed E-state index contributed by atoms with van der Waals surface area (Å²) in [7, 11) is 0. The summed E-state index contributed by atoms with van der Waals surface area (Å²) in [5.74, 6) is -0.448. The molecule has 0 aliphatic carbocycles. The fourth-order valence-electron chi connectivity index (χ4n) is 1.30. The summed E-state index contributed by atoms with van der Waals surface area (Å²) < 4.78 is 0. The first-order chi connectivity index (χ1) is 7.71. The van der Waals surface area contributed by atoms with Gasteiger partial charge >= 0.3 is 0 Å². The number of hydrogen-bond donors (Lipinski definition) is 2. The first-order valence-corrected chi connectivity index (χ1v) is 5.95. The van der Waals surface area contributed by atoms with E-state index in [1.54, 1.807) is 25.1 Å². The largest absolute Gasteiger partial charge is 0.381 e. The molecule has 0 aromatic heterocycles. The van der Waals surface area contributed by atoms with Crippen LogP contribution < -0.4 is 5.32 Å². The Kier molecular flexibility index (Phi) is 4.42. The van der Waals surface area contributed by atoms with E-state index >= 15 is 0 Å². The van der Waals surface area contributed by atoms with Crippen LogP contribution in [-0.2, 0) is 4.79 Å². The number of nitrogens with one attached hydrogen (secondary N) is 1. The average Bonchev–Trinajstić information content (AvgIpc) is 2.15. The number of rotatable bonds is 3. The summed E-state index contributed by atoms with van der Waals surface area (Å²) in [5.41, 5.74) is -0.652. The van der Waals surface area contributed by atoms with Gasteiger partial charge in [-0.3, -0.25) is 4.79 Å². The number of halogens is 2. The van der Waals surface area contributed by atoms with E-state index in [2.05, 4.69) is 5.32 Å². The number of carbonyl (C=O) groups is 1. The van der Waals surface area contributed by atoms with Crippen molar-refractivity contribution in [2.24, 2.45) is 0 Å². The second-order valence-electron chi connectivity index (χ2n) is 4.42. The van der Waals surface area contributed by atoms with Crippen LogP contribution in [0.1, 0.15) is 32.4 Å². The molecular weight excluding hydrogens is 261 g/mol. The van der Waals surface area contributed by atoms with E-state index in [0.29, 0.717) is 10.0 Å². The molecule has 1 rings (SSSR count). The van der Waals surface area contributed by atoms with Gasteiger partial charge in [0, 0.05) is 10.0 Å². The highest BCUT2D eigenvalue weighted by Crippen LogP contribution is 2.26. The topological polar surface area (TPSA) is 49.3 Å². The molecule has 94 valence electrons. The first-order valence-electron chi connectivity index (χ1n) is 5.20. The van der Waals surface area contributed by atoms with E-state index in [-0.39, 0.29) is 6.04 Å². The SMILES string of the molecule is CC(NC(=O)C(C)(C)O)c1ccc(Cl)cc1Cl. The second kappa shape index (κ2) is 5.25. The van der Waals surface area contributed by atoms with Crippen LogP contribution in [0.25, 0.3) is 0 Å². The van der Waals surface area contributed by atoms with Crippen molar-refractivity contribution in [2.75, 3.05) is 0 Å². The van der Waals surface area contributed by atoms with Crippen molar-refractivity contribution >= 4 is 29.1 Å². The van der Waals surface area contributed by atoms with Gasteiger partial charge in [0.05, 0.1) is 6.04 Å². The molecule has 0 saturated heterocycles. The highest BCUT2D eigenvalue weighted by molar-refractivity contribution is 6.35. The lowest BCUT2D eigenvalue weighted by Crippen LogP contribution is -2.43. The lowest BCUT2D eigenvalue weighted by Gasteiger charge is -2.21. The van der Waals surface area contributed by atoms with E-state index in [4.69, 9.17) is 23.2 Å². The number of benzene rings is 1. The number of carbonyl (C=O) groups excluding carboxylic acids is 1. The molecule has 0 saturated carbocycles. The van der Waals surface area contributed by atoms with Crippen LogP contribution in [0.15, 0.2) is 18.2 Å². The van der Waals surface area contributed by atoms with Crippen molar-refractivity contribution in [1.29, 1.82) is 0 Å². The van der Waals surface area contributed by atoms with E-state index < -0.39 is 11.5 Å². The highest BCUT2D eigenvalue weighted by Gasteiger charge is 2.25. The van der Waals surface area contributed by atoms with Crippen LogP contribution in [0.3, 0.4) is 0 Å². The number of amides is 1. The Morgan fingerprint density at radius 1 is 1.41 bits per heavy atom. The second-order valence-corrected chi connectivity index (χ2v) is 5.26. The Morgan fingerprint density at radius 3 is 2.47 bits per heavy atom. The van der Waals surface area contributed by atoms with Crippen molar-refractivity contribution in [2.45, 2.75) is 32.4 Å². The van der Waals surface area contributed by atoms with E-state index in [0.717, 1.165) is 5.56 Å². The Bertz CT molecular complexity index is 427. The number of aliphatic hydroxyl groups is 1. The molecule has 1 unspecified atom stereocenters. The summed E-state index contributed by atoms with van der Waals surface area (Å²) in [4.78, 5) is 11.6. The van der Waals surface area contributed by atoms with Crippen molar-refractivity contribution in [3.63, 3.8) is 0 Å². The van der Waals surface area contributed by atoms with Gasteiger partial charge in [-0.25, -0.2) is 0 Å². The zero-order valence-electron chi connectivity index (χ0n) is 9.92. The van der Waals surface area contributed by atoms with Crippen LogP contribution in [0.5, 0.6) is 0 Å². The van der Waals surface area contributed by atoms with Crippen LogP contribution in [-0.4, -0.2) is 16.6 Å². The van der Waals surface area contributed by atoms with Gasteiger partial charge in [0.1, 0.15) is 5.60 Å². The minimum Gasteiger partial charge on any atom is -0.381 e. The van der Waals surface area contributed by atoms with Crippen molar-refractivity contribution in [3.05, 3.63) is 33.8 Å². The fourth-order valence-corrected chi connectivity index (χ4v) is 1.88. The van der Waals surface area contributed by atoms with Gasteiger partial charge in [0.25, 0.3) is 5.91 Å². The van der Waals surface area contributed by atoms with Crippen LogP contribution in [0, 0.1) is 0 Å². The van der Waals surface area contributed by atoms with Gasteiger partial charge < -0.3 is 10.4 Å². The zero-order valence-corrected chi connectivity index (χ0v) is 11.4. The lowest BCUT2D eigenvalue weighted by atomic mass is 10.1. The zero-order chi connectivity index (χ0) is 13.2. The van der Waals surface area contributed by atoms with Crippen molar-refractivity contribution in [3.8, 4) is 0 Å². The average molecular weight is 276 g/mol. The summed E-state index contributed by atoms with van der Waals surface area (Å²) in [6.45, 7) is 4.65. The molecule has 17 heavy (non-hydrogen) atoms. The smallest absolute Gasteiger partial charge is 0.251 e. The van der Waals surface area contributed by atoms with Gasteiger partial charge in [0.2, 0.25) is 0 Å². The van der Waals surface area contributed by atoms with E-state index in [1.807, 2.05) is 0 Å². The molecule has 2 N–H and O–H groups in total. The molecule has 0 heterocycles. The van der Waals surface area contributed by atoms with Gasteiger partial charge in [-0.1, -0.05) is 29.3 Å². The van der Waals surface area contributed by atoms with Crippen molar-refractivity contribution in [1.82, 2.24) is 5.32 Å².